The van der Waals surface area contributed by atoms with Gasteiger partial charge in [0, 0.05) is 11.5 Å². The first-order chi connectivity index (χ1) is 6.16. The van der Waals surface area contributed by atoms with Crippen LogP contribution in [0.4, 0.5) is 11.5 Å². The second-order valence-electron chi connectivity index (χ2n) is 2.69. The van der Waals surface area contributed by atoms with E-state index in [0.717, 1.165) is 16.5 Å². The number of alkyl halides is 1. The zero-order valence-corrected chi connectivity index (χ0v) is 9.01. The van der Waals surface area contributed by atoms with Crippen LogP contribution in [0.15, 0.2) is 12.3 Å². The van der Waals surface area contributed by atoms with Gasteiger partial charge in [0.25, 0.3) is 0 Å². The van der Waals surface area contributed by atoms with Gasteiger partial charge in [0.2, 0.25) is 0 Å². The van der Waals surface area contributed by atoms with Gasteiger partial charge < -0.3 is 11.5 Å². The quantitative estimate of drug-likeness (QED) is 0.779. The fraction of sp³-hybridized carbons (Fsp3) is 0.222. The molecule has 0 radical (unpaired) electrons. The Hall–Kier alpha value is -1.03. The van der Waals surface area contributed by atoms with Crippen LogP contribution in [-0.4, -0.2) is 10.3 Å². The smallest absolute Gasteiger partial charge is 0.146 e. The van der Waals surface area contributed by atoms with Gasteiger partial charge in [0.1, 0.15) is 5.82 Å². The highest BCUT2D eigenvalue weighted by atomic mass is 79.9. The number of nitrogen functional groups attached to an aromatic ring is 2. The molecule has 4 N–H and O–H groups in total. The summed E-state index contributed by atoms with van der Waals surface area (Å²) in [5.41, 5.74) is 13.8. The number of anilines is 2. The summed E-state index contributed by atoms with van der Waals surface area (Å²) >= 11 is 3.30. The van der Waals surface area contributed by atoms with Crippen LogP contribution in [0.5, 0.6) is 0 Å². The molecule has 1 rings (SSSR count). The van der Waals surface area contributed by atoms with Gasteiger partial charge in [-0.15, -0.1) is 0 Å². The first-order valence-corrected chi connectivity index (χ1v) is 5.02. The molecule has 0 aliphatic carbocycles. The lowest BCUT2D eigenvalue weighted by Crippen LogP contribution is -2.01. The molecule has 0 spiro atoms. The molecule has 70 valence electrons. The molecule has 0 saturated heterocycles. The van der Waals surface area contributed by atoms with Crippen molar-refractivity contribution in [3.8, 4) is 0 Å². The maximum Gasteiger partial charge on any atom is 0.146 e. The second-order valence-corrected chi connectivity index (χ2v) is 3.34. The molecule has 3 nitrogen and oxygen atoms in total. The van der Waals surface area contributed by atoms with E-state index in [1.165, 1.54) is 0 Å². The number of hydrogen-bond acceptors (Lipinski definition) is 3. The van der Waals surface area contributed by atoms with E-state index in [9.17, 15) is 0 Å². The van der Waals surface area contributed by atoms with E-state index in [-0.39, 0.29) is 0 Å². The van der Waals surface area contributed by atoms with Gasteiger partial charge in [0.15, 0.2) is 0 Å². The van der Waals surface area contributed by atoms with Crippen molar-refractivity contribution in [1.82, 2.24) is 4.98 Å². The average Bonchev–Trinajstić information content (AvgIpc) is 2.13. The van der Waals surface area contributed by atoms with E-state index in [0.29, 0.717) is 11.5 Å². The molecule has 0 amide bonds. The molecule has 0 aliphatic heterocycles. The van der Waals surface area contributed by atoms with Crippen molar-refractivity contribution < 1.29 is 0 Å². The lowest BCUT2D eigenvalue weighted by atomic mass is 10.1. The molecule has 1 heterocycles. The van der Waals surface area contributed by atoms with Crippen LogP contribution in [0, 0.1) is 6.92 Å². The number of pyridine rings is 1. The van der Waals surface area contributed by atoms with E-state index in [1.54, 1.807) is 6.20 Å². The highest BCUT2D eigenvalue weighted by Crippen LogP contribution is 2.20. The first kappa shape index (κ1) is 10.1. The summed E-state index contributed by atoms with van der Waals surface area (Å²) in [7, 11) is 0. The SMILES string of the molecule is Cc1c(C=CCBr)cnc(N)c1N. The molecule has 0 fully saturated rings. The predicted octanol–water partition coefficient (Wildman–Crippen LogP) is 1.96. The molecular weight excluding hydrogens is 230 g/mol. The van der Waals surface area contributed by atoms with Crippen LogP contribution in [0.2, 0.25) is 0 Å². The minimum atomic E-state index is 0.397. The van der Waals surface area contributed by atoms with Crippen molar-refractivity contribution in [2.45, 2.75) is 6.92 Å². The highest BCUT2D eigenvalue weighted by molar-refractivity contribution is 9.09. The van der Waals surface area contributed by atoms with Crippen molar-refractivity contribution in [1.29, 1.82) is 0 Å². The normalized spacial score (nSPS) is 10.9. The zero-order chi connectivity index (χ0) is 9.84. The van der Waals surface area contributed by atoms with Gasteiger partial charge in [-0.3, -0.25) is 0 Å². The van der Waals surface area contributed by atoms with Gasteiger partial charge in [-0.25, -0.2) is 4.98 Å². The summed E-state index contributed by atoms with van der Waals surface area (Å²) in [5, 5.41) is 0.816. The summed E-state index contributed by atoms with van der Waals surface area (Å²) in [5.74, 6) is 0.397. The minimum absolute atomic E-state index is 0.397. The van der Waals surface area contributed by atoms with Crippen LogP contribution in [0.25, 0.3) is 6.08 Å². The maximum absolute atomic E-state index is 5.72. The maximum atomic E-state index is 5.72. The van der Waals surface area contributed by atoms with Gasteiger partial charge >= 0.3 is 0 Å². The summed E-state index contributed by atoms with van der Waals surface area (Å²) in [6.07, 6.45) is 5.67. The third kappa shape index (κ3) is 2.21. The summed E-state index contributed by atoms with van der Waals surface area (Å²) in [6.45, 7) is 1.93. The fourth-order valence-electron chi connectivity index (χ4n) is 0.993. The molecule has 1 aromatic rings. The van der Waals surface area contributed by atoms with Gasteiger partial charge in [-0.2, -0.15) is 0 Å². The molecule has 1 aromatic heterocycles. The highest BCUT2D eigenvalue weighted by Gasteiger charge is 2.02. The number of hydrogen-bond donors (Lipinski definition) is 2. The Balaban J connectivity index is 3.11. The number of allylic oxidation sites excluding steroid dienone is 1. The predicted molar refractivity (Wildman–Crippen MR) is 60.6 cm³/mol. The van der Waals surface area contributed by atoms with Crippen LogP contribution in [0.1, 0.15) is 11.1 Å². The third-order valence-corrected chi connectivity index (χ3v) is 2.22. The van der Waals surface area contributed by atoms with Crippen LogP contribution >= 0.6 is 15.9 Å². The van der Waals surface area contributed by atoms with E-state index in [1.807, 2.05) is 19.1 Å². The van der Waals surface area contributed by atoms with Crippen molar-refractivity contribution in [3.63, 3.8) is 0 Å². The molecule has 0 saturated carbocycles. The Morgan fingerprint density at radius 2 is 2.23 bits per heavy atom. The molecule has 0 unspecified atom stereocenters. The third-order valence-electron chi connectivity index (χ3n) is 1.84. The Morgan fingerprint density at radius 1 is 1.54 bits per heavy atom. The molecule has 0 aliphatic rings. The van der Waals surface area contributed by atoms with Crippen molar-refractivity contribution >= 4 is 33.5 Å². The molecule has 0 bridgehead atoms. The summed E-state index contributed by atoms with van der Waals surface area (Å²) < 4.78 is 0. The number of nitrogens with two attached hydrogens (primary N) is 2. The standard InChI is InChI=1S/C9H12BrN3/c1-6-7(3-2-4-10)5-13-9(12)8(6)11/h2-3,5H,4,11H2,1H3,(H2,12,13). The topological polar surface area (TPSA) is 64.9 Å². The number of halogens is 1. The van der Waals surface area contributed by atoms with Crippen LogP contribution < -0.4 is 11.5 Å². The monoisotopic (exact) mass is 241 g/mol. The fourth-order valence-corrected chi connectivity index (χ4v) is 1.18. The minimum Gasteiger partial charge on any atom is -0.396 e. The Bertz CT molecular complexity index is 334. The summed E-state index contributed by atoms with van der Waals surface area (Å²) in [4.78, 5) is 3.98. The lowest BCUT2D eigenvalue weighted by Gasteiger charge is -2.05. The Labute approximate surface area is 86.0 Å². The first-order valence-electron chi connectivity index (χ1n) is 3.90. The van der Waals surface area contributed by atoms with Gasteiger partial charge in [-0.05, 0) is 18.1 Å². The van der Waals surface area contributed by atoms with Crippen molar-refractivity contribution in [2.75, 3.05) is 16.8 Å². The molecule has 13 heavy (non-hydrogen) atoms. The molecule has 4 heteroatoms. The lowest BCUT2D eigenvalue weighted by molar-refractivity contribution is 1.28. The Morgan fingerprint density at radius 3 is 2.85 bits per heavy atom. The van der Waals surface area contributed by atoms with Crippen LogP contribution in [-0.2, 0) is 0 Å². The van der Waals surface area contributed by atoms with Crippen LogP contribution in [0.3, 0.4) is 0 Å². The molecule has 0 atom stereocenters. The molecular formula is C9H12BrN3. The van der Waals surface area contributed by atoms with Crippen molar-refractivity contribution in [3.05, 3.63) is 23.4 Å². The van der Waals surface area contributed by atoms with Gasteiger partial charge in [-0.1, -0.05) is 28.1 Å². The van der Waals surface area contributed by atoms with E-state index in [2.05, 4.69) is 20.9 Å². The number of nitrogens with zero attached hydrogens (tertiary/aromatic N) is 1. The number of aromatic nitrogens is 1. The van der Waals surface area contributed by atoms with E-state index in [4.69, 9.17) is 11.5 Å². The Kier molecular flexibility index (Phi) is 3.31. The zero-order valence-electron chi connectivity index (χ0n) is 7.42. The van der Waals surface area contributed by atoms with E-state index < -0.39 is 0 Å². The second kappa shape index (κ2) is 4.28. The largest absolute Gasteiger partial charge is 0.396 e. The molecule has 0 aromatic carbocycles. The van der Waals surface area contributed by atoms with Crippen molar-refractivity contribution in [2.24, 2.45) is 0 Å². The van der Waals surface area contributed by atoms with Gasteiger partial charge in [0.05, 0.1) is 5.69 Å². The van der Waals surface area contributed by atoms with E-state index >= 15 is 0 Å². The number of rotatable bonds is 2. The average molecular weight is 242 g/mol. The summed E-state index contributed by atoms with van der Waals surface area (Å²) in [6, 6.07) is 0.